The lowest BCUT2D eigenvalue weighted by molar-refractivity contribution is 0.0240. The molecule has 0 aliphatic carbocycles. The molecule has 116 valence electrons. The molecule has 21 heavy (non-hydrogen) atoms. The summed E-state index contributed by atoms with van der Waals surface area (Å²) in [5.74, 6) is 0.600. The second-order valence-electron chi connectivity index (χ2n) is 5.90. The molecular weight excluding hydrogens is 294 g/mol. The van der Waals surface area contributed by atoms with Gasteiger partial charge in [0.2, 0.25) is 0 Å². The Balaban J connectivity index is 1.95. The normalized spacial score (nSPS) is 16.0. The molecule has 0 spiro atoms. The number of nitrogens with two attached hydrogens (primary N) is 1. The number of anilines is 2. The first-order chi connectivity index (χ1) is 9.76. The van der Waals surface area contributed by atoms with Crippen LogP contribution in [0.2, 0.25) is 5.15 Å². The highest BCUT2D eigenvalue weighted by Crippen LogP contribution is 2.23. The van der Waals surface area contributed by atoms with E-state index in [2.05, 4.69) is 10.2 Å². The van der Waals surface area contributed by atoms with Gasteiger partial charge in [0.1, 0.15) is 5.60 Å². The number of hydrogen-bond acceptors (Lipinski definition) is 6. The fourth-order valence-corrected chi connectivity index (χ4v) is 2.20. The smallest absolute Gasteiger partial charge is 0.410 e. The van der Waals surface area contributed by atoms with Crippen molar-refractivity contribution in [3.05, 3.63) is 11.2 Å². The number of hydrogen-bond donors (Lipinski definition) is 1. The Bertz CT molecular complexity index is 524. The number of carbonyl (C=O) groups excluding carboxylic acids is 1. The minimum Gasteiger partial charge on any atom is -0.444 e. The Morgan fingerprint density at radius 2 is 1.90 bits per heavy atom. The topological polar surface area (TPSA) is 84.6 Å². The first-order valence-corrected chi connectivity index (χ1v) is 7.15. The second-order valence-corrected chi connectivity index (χ2v) is 6.29. The molecule has 1 aromatic heterocycles. The predicted octanol–water partition coefficient (Wildman–Crippen LogP) is 1.77. The number of rotatable bonds is 1. The average molecular weight is 314 g/mol. The molecule has 1 saturated heterocycles. The van der Waals surface area contributed by atoms with Crippen LogP contribution in [0.25, 0.3) is 0 Å². The minimum atomic E-state index is -0.486. The van der Waals surface area contributed by atoms with Crippen molar-refractivity contribution in [2.45, 2.75) is 26.4 Å². The highest BCUT2D eigenvalue weighted by molar-refractivity contribution is 6.29. The summed E-state index contributed by atoms with van der Waals surface area (Å²) in [6, 6.07) is 1.57. The molecule has 2 N–H and O–H groups in total. The zero-order valence-corrected chi connectivity index (χ0v) is 13.2. The van der Waals surface area contributed by atoms with Gasteiger partial charge < -0.3 is 20.3 Å². The van der Waals surface area contributed by atoms with Crippen LogP contribution >= 0.6 is 11.6 Å². The molecule has 2 rings (SSSR count). The van der Waals surface area contributed by atoms with Crippen LogP contribution in [0.15, 0.2) is 6.07 Å². The third-order valence-electron chi connectivity index (χ3n) is 3.00. The van der Waals surface area contributed by atoms with Gasteiger partial charge >= 0.3 is 6.09 Å². The van der Waals surface area contributed by atoms with Crippen molar-refractivity contribution >= 4 is 29.2 Å². The lowest BCUT2D eigenvalue weighted by atomic mass is 10.2. The Kier molecular flexibility index (Phi) is 4.41. The molecular formula is C13H20ClN5O2. The number of amides is 1. The third kappa shape index (κ3) is 4.10. The van der Waals surface area contributed by atoms with Crippen LogP contribution in [0, 0.1) is 0 Å². The van der Waals surface area contributed by atoms with Crippen LogP contribution in [-0.4, -0.2) is 53.0 Å². The minimum absolute atomic E-state index is 0.267. The number of piperazine rings is 1. The zero-order chi connectivity index (χ0) is 15.6. The van der Waals surface area contributed by atoms with Gasteiger partial charge in [-0.1, -0.05) is 11.6 Å². The van der Waals surface area contributed by atoms with Gasteiger partial charge in [0.25, 0.3) is 0 Å². The van der Waals surface area contributed by atoms with Crippen molar-refractivity contribution in [3.8, 4) is 0 Å². The highest BCUT2D eigenvalue weighted by atomic mass is 35.5. The van der Waals surface area contributed by atoms with E-state index in [4.69, 9.17) is 22.1 Å². The average Bonchev–Trinajstić information content (AvgIpc) is 2.37. The van der Waals surface area contributed by atoms with Crippen molar-refractivity contribution in [3.63, 3.8) is 0 Å². The van der Waals surface area contributed by atoms with Crippen LogP contribution in [0.3, 0.4) is 0 Å². The van der Waals surface area contributed by atoms with E-state index in [1.165, 1.54) is 0 Å². The van der Waals surface area contributed by atoms with Crippen LogP contribution in [0.1, 0.15) is 20.8 Å². The molecule has 0 atom stereocenters. The molecule has 0 radical (unpaired) electrons. The van der Waals surface area contributed by atoms with Gasteiger partial charge in [-0.25, -0.2) is 4.79 Å². The van der Waals surface area contributed by atoms with Gasteiger partial charge in [-0.15, -0.1) is 10.2 Å². The Hall–Kier alpha value is -1.76. The van der Waals surface area contributed by atoms with E-state index in [1.807, 2.05) is 25.7 Å². The lowest BCUT2D eigenvalue weighted by Gasteiger charge is -2.36. The molecule has 2 heterocycles. The fourth-order valence-electron chi connectivity index (χ4n) is 2.05. The van der Waals surface area contributed by atoms with Crippen molar-refractivity contribution in [2.24, 2.45) is 0 Å². The van der Waals surface area contributed by atoms with E-state index in [0.29, 0.717) is 37.7 Å². The SMILES string of the molecule is CC(C)(C)OC(=O)N1CCN(c2nnc(Cl)cc2N)CC1. The first-order valence-electron chi connectivity index (χ1n) is 6.78. The molecule has 1 fully saturated rings. The number of aromatic nitrogens is 2. The molecule has 1 aromatic rings. The second kappa shape index (κ2) is 5.93. The molecule has 0 unspecified atom stereocenters. The van der Waals surface area contributed by atoms with E-state index >= 15 is 0 Å². The van der Waals surface area contributed by atoms with Gasteiger partial charge in [-0.2, -0.15) is 0 Å². The van der Waals surface area contributed by atoms with Crippen molar-refractivity contribution < 1.29 is 9.53 Å². The number of nitrogens with zero attached hydrogens (tertiary/aromatic N) is 4. The van der Waals surface area contributed by atoms with Crippen LogP contribution in [0.5, 0.6) is 0 Å². The van der Waals surface area contributed by atoms with E-state index in [1.54, 1.807) is 11.0 Å². The maximum Gasteiger partial charge on any atom is 0.410 e. The maximum atomic E-state index is 12.0. The summed E-state index contributed by atoms with van der Waals surface area (Å²) >= 11 is 5.74. The summed E-state index contributed by atoms with van der Waals surface area (Å²) in [5, 5.41) is 8.09. The van der Waals surface area contributed by atoms with Gasteiger partial charge in [-0.05, 0) is 20.8 Å². The summed E-state index contributed by atoms with van der Waals surface area (Å²) < 4.78 is 5.36. The molecule has 1 aliphatic heterocycles. The zero-order valence-electron chi connectivity index (χ0n) is 12.5. The van der Waals surface area contributed by atoms with Crippen LogP contribution < -0.4 is 10.6 Å². The van der Waals surface area contributed by atoms with Crippen LogP contribution in [-0.2, 0) is 4.74 Å². The van der Waals surface area contributed by atoms with Crippen molar-refractivity contribution in [1.82, 2.24) is 15.1 Å². The summed E-state index contributed by atoms with van der Waals surface area (Å²) in [6.07, 6.45) is -0.294. The van der Waals surface area contributed by atoms with Crippen LogP contribution in [0.4, 0.5) is 16.3 Å². The first kappa shape index (κ1) is 15.6. The van der Waals surface area contributed by atoms with E-state index in [-0.39, 0.29) is 11.2 Å². The fraction of sp³-hybridized carbons (Fsp3) is 0.615. The third-order valence-corrected chi connectivity index (χ3v) is 3.19. The van der Waals surface area contributed by atoms with E-state index < -0.39 is 5.60 Å². The monoisotopic (exact) mass is 313 g/mol. The quantitative estimate of drug-likeness (QED) is 0.850. The Labute approximate surface area is 129 Å². The number of halogens is 1. The Morgan fingerprint density at radius 1 is 1.29 bits per heavy atom. The summed E-state index contributed by atoms with van der Waals surface area (Å²) in [7, 11) is 0. The highest BCUT2D eigenvalue weighted by Gasteiger charge is 2.27. The predicted molar refractivity (Wildman–Crippen MR) is 81.5 cm³/mol. The van der Waals surface area contributed by atoms with Gasteiger partial charge in [0.15, 0.2) is 11.0 Å². The van der Waals surface area contributed by atoms with Crippen molar-refractivity contribution in [1.29, 1.82) is 0 Å². The molecule has 0 aromatic carbocycles. The number of carbonyl (C=O) groups is 1. The Morgan fingerprint density at radius 3 is 2.43 bits per heavy atom. The summed E-state index contributed by atoms with van der Waals surface area (Å²) in [6.45, 7) is 7.91. The molecule has 7 nitrogen and oxygen atoms in total. The van der Waals surface area contributed by atoms with E-state index in [9.17, 15) is 4.79 Å². The molecule has 0 saturated carbocycles. The molecule has 1 amide bonds. The van der Waals surface area contributed by atoms with Gasteiger partial charge in [0.05, 0.1) is 5.69 Å². The van der Waals surface area contributed by atoms with Gasteiger partial charge in [0, 0.05) is 32.2 Å². The van der Waals surface area contributed by atoms with E-state index in [0.717, 1.165) is 0 Å². The maximum absolute atomic E-state index is 12.0. The number of nitrogen functional groups attached to an aromatic ring is 1. The molecule has 8 heteroatoms. The van der Waals surface area contributed by atoms with Gasteiger partial charge in [-0.3, -0.25) is 0 Å². The largest absolute Gasteiger partial charge is 0.444 e. The number of ether oxygens (including phenoxy) is 1. The molecule has 1 aliphatic rings. The standard InChI is InChI=1S/C13H20ClN5O2/c1-13(2,3)21-12(20)19-6-4-18(5-7-19)11-9(15)8-10(14)16-17-11/h8H,4-7H2,1-3H3,(H2,15,16). The van der Waals surface area contributed by atoms with Crippen molar-refractivity contribution in [2.75, 3.05) is 36.8 Å². The summed E-state index contributed by atoms with van der Waals surface area (Å²) in [5.41, 5.74) is 5.90. The molecule has 0 bridgehead atoms. The lowest BCUT2D eigenvalue weighted by Crippen LogP contribution is -2.50. The summed E-state index contributed by atoms with van der Waals surface area (Å²) in [4.78, 5) is 15.7.